The van der Waals surface area contributed by atoms with Crippen LogP contribution in [0.5, 0.6) is 11.5 Å². The molecule has 10 nitrogen and oxygen atoms in total. The number of methoxy groups -OCH3 is 2. The summed E-state index contributed by atoms with van der Waals surface area (Å²) in [7, 11) is -5.27. The average Bonchev–Trinajstić information content (AvgIpc) is 2.90. The van der Waals surface area contributed by atoms with Gasteiger partial charge in [-0.05, 0) is 60.4 Å². The predicted octanol–water partition coefficient (Wildman–Crippen LogP) is 3.51. The molecule has 0 fully saturated rings. The lowest BCUT2D eigenvalue weighted by Gasteiger charge is -2.15. The summed E-state index contributed by atoms with van der Waals surface area (Å²) < 4.78 is 65.6. The molecule has 0 bridgehead atoms. The minimum Gasteiger partial charge on any atom is -0.493 e. The van der Waals surface area contributed by atoms with Gasteiger partial charge in [-0.2, -0.15) is 4.72 Å². The molecule has 0 radical (unpaired) electrons. The Hall–Kier alpha value is -3.16. The number of benzene rings is 3. The molecule has 38 heavy (non-hydrogen) atoms. The first-order valence-electron chi connectivity index (χ1n) is 11.3. The molecule has 1 atom stereocenters. The third-order valence-electron chi connectivity index (χ3n) is 5.56. The number of halogens is 1. The molecule has 204 valence electrons. The quantitative estimate of drug-likeness (QED) is 0.259. The van der Waals surface area contributed by atoms with Crippen molar-refractivity contribution in [2.75, 3.05) is 20.8 Å². The minimum atomic E-state index is -4.15. The summed E-state index contributed by atoms with van der Waals surface area (Å²) in [6.07, 6.45) is -0.0899. The van der Waals surface area contributed by atoms with Crippen LogP contribution in [0.25, 0.3) is 11.1 Å². The zero-order chi connectivity index (χ0) is 27.9. The molecular weight excluding hydrogens is 556 g/mol. The maximum atomic E-state index is 12.8. The van der Waals surface area contributed by atoms with Crippen LogP contribution in [0.1, 0.15) is 12.8 Å². The molecule has 0 aliphatic rings. The van der Waals surface area contributed by atoms with E-state index < -0.39 is 32.1 Å². The number of hydrogen-bond donors (Lipinski definition) is 3. The van der Waals surface area contributed by atoms with Crippen LogP contribution in [-0.2, 0) is 24.8 Å². The van der Waals surface area contributed by atoms with Crippen molar-refractivity contribution < 1.29 is 36.2 Å². The molecule has 0 amide bonds. The van der Waals surface area contributed by atoms with Crippen molar-refractivity contribution in [3.8, 4) is 22.6 Å². The number of rotatable bonds is 13. The fourth-order valence-corrected chi connectivity index (χ4v) is 5.98. The van der Waals surface area contributed by atoms with E-state index in [1.165, 1.54) is 44.6 Å². The van der Waals surface area contributed by atoms with E-state index in [0.29, 0.717) is 10.8 Å². The Morgan fingerprint density at radius 3 is 1.95 bits per heavy atom. The lowest BCUT2D eigenvalue weighted by molar-refractivity contribution is -0.139. The molecule has 0 aliphatic heterocycles. The van der Waals surface area contributed by atoms with E-state index in [9.17, 15) is 26.7 Å². The van der Waals surface area contributed by atoms with E-state index >= 15 is 0 Å². The van der Waals surface area contributed by atoms with Gasteiger partial charge in [-0.25, -0.2) is 21.6 Å². The highest BCUT2D eigenvalue weighted by molar-refractivity contribution is 7.89. The van der Waals surface area contributed by atoms with Crippen molar-refractivity contribution in [1.29, 1.82) is 0 Å². The first-order chi connectivity index (χ1) is 18.0. The second-order valence-corrected chi connectivity index (χ2v) is 12.0. The van der Waals surface area contributed by atoms with Gasteiger partial charge >= 0.3 is 5.97 Å². The normalized spacial score (nSPS) is 12.6. The molecule has 0 spiro atoms. The van der Waals surface area contributed by atoms with Gasteiger partial charge in [0.2, 0.25) is 20.0 Å². The van der Waals surface area contributed by atoms with Crippen molar-refractivity contribution in [2.24, 2.45) is 0 Å². The van der Waals surface area contributed by atoms with Crippen molar-refractivity contribution in [1.82, 2.24) is 9.44 Å². The Labute approximate surface area is 226 Å². The highest BCUT2D eigenvalue weighted by atomic mass is 35.5. The van der Waals surface area contributed by atoms with Crippen LogP contribution in [0.4, 0.5) is 0 Å². The van der Waals surface area contributed by atoms with Gasteiger partial charge in [-0.1, -0.05) is 35.9 Å². The Morgan fingerprint density at radius 1 is 0.842 bits per heavy atom. The lowest BCUT2D eigenvalue weighted by atomic mass is 10.1. The van der Waals surface area contributed by atoms with Gasteiger partial charge in [0.25, 0.3) is 0 Å². The monoisotopic (exact) mass is 582 g/mol. The maximum Gasteiger partial charge on any atom is 0.321 e. The second kappa shape index (κ2) is 12.6. The summed E-state index contributed by atoms with van der Waals surface area (Å²) in [4.78, 5) is 11.6. The first-order valence-corrected chi connectivity index (χ1v) is 14.6. The SMILES string of the molecule is COc1ccc(S(=O)(=O)NCCCC(NS(=O)(=O)c2ccc(-c3ccc(Cl)cc3)cc2)C(=O)O)cc1OC. The number of carboxylic acid groups (broad SMARTS) is 1. The number of sulfonamides is 2. The number of nitrogens with one attached hydrogen (secondary N) is 2. The minimum absolute atomic E-state index is 0.0571. The average molecular weight is 583 g/mol. The van der Waals surface area contributed by atoms with E-state index in [0.717, 1.165) is 11.1 Å². The summed E-state index contributed by atoms with van der Waals surface area (Å²) in [5, 5.41) is 10.1. The first kappa shape index (κ1) is 29.4. The fourth-order valence-electron chi connectivity index (χ4n) is 3.54. The number of hydrogen-bond acceptors (Lipinski definition) is 7. The van der Waals surface area contributed by atoms with Crippen molar-refractivity contribution in [2.45, 2.75) is 28.7 Å². The van der Waals surface area contributed by atoms with Gasteiger partial charge in [0.05, 0.1) is 24.0 Å². The van der Waals surface area contributed by atoms with Gasteiger partial charge < -0.3 is 14.6 Å². The molecule has 1 unspecified atom stereocenters. The van der Waals surface area contributed by atoms with Gasteiger partial charge in [0.1, 0.15) is 6.04 Å². The highest BCUT2D eigenvalue weighted by Crippen LogP contribution is 2.29. The van der Waals surface area contributed by atoms with Crippen LogP contribution in [0, 0.1) is 0 Å². The number of carboxylic acids is 1. The number of ether oxygens (including phenoxy) is 2. The van der Waals surface area contributed by atoms with E-state index in [-0.39, 0.29) is 34.9 Å². The summed E-state index contributed by atoms with van der Waals surface area (Å²) in [5.41, 5.74) is 1.60. The molecule has 3 aromatic rings. The molecule has 0 heterocycles. The van der Waals surface area contributed by atoms with Gasteiger partial charge in [0.15, 0.2) is 11.5 Å². The standard InChI is InChI=1S/C25H27ClN2O8S2/c1-35-23-14-13-21(16-24(23)36-2)37(31,32)27-15-3-4-22(25(29)30)28-38(33,34)20-11-7-18(8-12-20)17-5-9-19(26)10-6-17/h5-14,16,22,27-28H,3-4,15H2,1-2H3,(H,29,30). The highest BCUT2D eigenvalue weighted by Gasteiger charge is 2.25. The molecule has 3 aromatic carbocycles. The van der Waals surface area contributed by atoms with Gasteiger partial charge in [-0.15, -0.1) is 0 Å². The molecule has 0 aromatic heterocycles. The summed E-state index contributed by atoms with van der Waals surface area (Å²) in [5.74, 6) is -0.784. The topological polar surface area (TPSA) is 148 Å². The van der Waals surface area contributed by atoms with Crippen LogP contribution in [0.2, 0.25) is 5.02 Å². The van der Waals surface area contributed by atoms with Crippen molar-refractivity contribution >= 4 is 37.6 Å². The third kappa shape index (κ3) is 7.45. The fraction of sp³-hybridized carbons (Fsp3) is 0.240. The predicted molar refractivity (Wildman–Crippen MR) is 143 cm³/mol. The second-order valence-electron chi connectivity index (χ2n) is 8.10. The Bertz CT molecular complexity index is 1480. The van der Waals surface area contributed by atoms with Gasteiger partial charge in [0, 0.05) is 17.6 Å². The molecular formula is C25H27ClN2O8S2. The van der Waals surface area contributed by atoms with Crippen LogP contribution in [0.15, 0.2) is 76.5 Å². The summed E-state index contributed by atoms with van der Waals surface area (Å²) in [6, 6.07) is 15.6. The van der Waals surface area contributed by atoms with E-state index in [1.54, 1.807) is 36.4 Å². The lowest BCUT2D eigenvalue weighted by Crippen LogP contribution is -2.41. The van der Waals surface area contributed by atoms with Crippen LogP contribution in [0.3, 0.4) is 0 Å². The Balaban J connectivity index is 1.61. The molecule has 0 saturated heterocycles. The zero-order valence-corrected chi connectivity index (χ0v) is 22.9. The molecule has 3 rings (SSSR count). The number of carbonyl (C=O) groups is 1. The summed E-state index contributed by atoms with van der Waals surface area (Å²) in [6.45, 7) is -0.113. The zero-order valence-electron chi connectivity index (χ0n) is 20.5. The smallest absolute Gasteiger partial charge is 0.321 e. The van der Waals surface area contributed by atoms with Crippen LogP contribution < -0.4 is 18.9 Å². The largest absolute Gasteiger partial charge is 0.493 e. The van der Waals surface area contributed by atoms with Crippen molar-refractivity contribution in [3.05, 3.63) is 71.8 Å². The molecule has 0 saturated carbocycles. The van der Waals surface area contributed by atoms with E-state index in [2.05, 4.69) is 9.44 Å². The van der Waals surface area contributed by atoms with Gasteiger partial charge in [-0.3, -0.25) is 4.79 Å². The molecule has 3 N–H and O–H groups in total. The molecule has 13 heteroatoms. The Kier molecular flexibility index (Phi) is 9.74. The Morgan fingerprint density at radius 2 is 1.39 bits per heavy atom. The van der Waals surface area contributed by atoms with E-state index in [1.807, 2.05) is 0 Å². The number of aliphatic carboxylic acids is 1. The third-order valence-corrected chi connectivity index (χ3v) is 8.76. The van der Waals surface area contributed by atoms with Crippen molar-refractivity contribution in [3.63, 3.8) is 0 Å². The molecule has 0 aliphatic carbocycles. The summed E-state index contributed by atoms with van der Waals surface area (Å²) >= 11 is 5.90. The van der Waals surface area contributed by atoms with E-state index in [4.69, 9.17) is 21.1 Å². The van der Waals surface area contributed by atoms with Crippen LogP contribution in [-0.4, -0.2) is 54.7 Å². The maximum absolute atomic E-state index is 12.8. The van der Waals surface area contributed by atoms with Crippen LogP contribution >= 0.6 is 11.6 Å².